The van der Waals surface area contributed by atoms with Gasteiger partial charge in [-0.25, -0.2) is 4.99 Å². The van der Waals surface area contributed by atoms with E-state index in [2.05, 4.69) is 67.2 Å². The summed E-state index contributed by atoms with van der Waals surface area (Å²) in [5.74, 6) is 1.12. The summed E-state index contributed by atoms with van der Waals surface area (Å²) >= 11 is 3.62. The van der Waals surface area contributed by atoms with Crippen LogP contribution in [0.4, 0.5) is 0 Å². The van der Waals surface area contributed by atoms with Gasteiger partial charge in [0.2, 0.25) is 0 Å². The van der Waals surface area contributed by atoms with Gasteiger partial charge in [-0.2, -0.15) is 0 Å². The van der Waals surface area contributed by atoms with Crippen LogP contribution < -0.4 is 5.32 Å². The maximum absolute atomic E-state index is 4.51. The van der Waals surface area contributed by atoms with Gasteiger partial charge in [-0.15, -0.1) is 0 Å². The van der Waals surface area contributed by atoms with Crippen molar-refractivity contribution in [2.45, 2.75) is 13.5 Å². The SMILES string of the molecule is Cc1c(Br)cccc1CN1CCN(C2=NCNC=C2)CC1. The van der Waals surface area contributed by atoms with E-state index in [-0.39, 0.29) is 0 Å². The Morgan fingerprint density at radius 1 is 1.24 bits per heavy atom. The Morgan fingerprint density at radius 2 is 2.05 bits per heavy atom. The predicted octanol–water partition coefficient (Wildman–Crippen LogP) is 2.35. The molecule has 0 unspecified atom stereocenters. The van der Waals surface area contributed by atoms with Gasteiger partial charge in [0, 0.05) is 43.4 Å². The van der Waals surface area contributed by atoms with Crippen LogP contribution in [0.2, 0.25) is 0 Å². The molecule has 1 fully saturated rings. The van der Waals surface area contributed by atoms with E-state index in [1.807, 2.05) is 6.20 Å². The Balaban J connectivity index is 1.57. The molecule has 2 aliphatic heterocycles. The highest BCUT2D eigenvalue weighted by molar-refractivity contribution is 9.10. The van der Waals surface area contributed by atoms with Crippen LogP contribution in [0.25, 0.3) is 0 Å². The van der Waals surface area contributed by atoms with Crippen molar-refractivity contribution in [2.75, 3.05) is 32.8 Å². The first-order valence-electron chi connectivity index (χ1n) is 7.40. The highest BCUT2D eigenvalue weighted by Crippen LogP contribution is 2.21. The number of hydrogen-bond donors (Lipinski definition) is 1. The molecule has 3 rings (SSSR count). The van der Waals surface area contributed by atoms with Crippen molar-refractivity contribution in [2.24, 2.45) is 4.99 Å². The van der Waals surface area contributed by atoms with E-state index >= 15 is 0 Å². The van der Waals surface area contributed by atoms with Crippen LogP contribution in [0.15, 0.2) is 39.9 Å². The number of piperazine rings is 1. The molecule has 2 aliphatic rings. The number of nitrogens with one attached hydrogen (secondary N) is 1. The van der Waals surface area contributed by atoms with E-state index < -0.39 is 0 Å². The molecule has 5 heteroatoms. The predicted molar refractivity (Wildman–Crippen MR) is 90.3 cm³/mol. The lowest BCUT2D eigenvalue weighted by Crippen LogP contribution is -2.48. The van der Waals surface area contributed by atoms with Crippen LogP contribution in [0.1, 0.15) is 11.1 Å². The van der Waals surface area contributed by atoms with Gasteiger partial charge in [-0.05, 0) is 30.2 Å². The minimum atomic E-state index is 0.698. The summed E-state index contributed by atoms with van der Waals surface area (Å²) in [4.78, 5) is 9.41. The number of rotatable bonds is 2. The molecular weight excluding hydrogens is 328 g/mol. The van der Waals surface area contributed by atoms with Gasteiger partial charge >= 0.3 is 0 Å². The lowest BCUT2D eigenvalue weighted by Gasteiger charge is -2.36. The molecule has 1 N–H and O–H groups in total. The van der Waals surface area contributed by atoms with E-state index in [1.165, 1.54) is 15.6 Å². The van der Waals surface area contributed by atoms with Crippen molar-refractivity contribution in [3.8, 4) is 0 Å². The Morgan fingerprint density at radius 3 is 2.76 bits per heavy atom. The minimum absolute atomic E-state index is 0.698. The first-order valence-corrected chi connectivity index (χ1v) is 8.19. The molecule has 1 aromatic rings. The lowest BCUT2D eigenvalue weighted by molar-refractivity contribution is 0.175. The zero-order valence-corrected chi connectivity index (χ0v) is 13.9. The van der Waals surface area contributed by atoms with Crippen molar-refractivity contribution in [3.63, 3.8) is 0 Å². The van der Waals surface area contributed by atoms with Crippen molar-refractivity contribution in [1.29, 1.82) is 0 Å². The first-order chi connectivity index (χ1) is 10.2. The average Bonchev–Trinajstić information content (AvgIpc) is 2.53. The highest BCUT2D eigenvalue weighted by atomic mass is 79.9. The molecular formula is C16H21BrN4. The van der Waals surface area contributed by atoms with E-state index in [1.54, 1.807) is 0 Å². The van der Waals surface area contributed by atoms with Crippen LogP contribution in [-0.2, 0) is 6.54 Å². The Kier molecular flexibility index (Phi) is 4.60. The number of hydrogen-bond acceptors (Lipinski definition) is 4. The monoisotopic (exact) mass is 348 g/mol. The maximum atomic E-state index is 4.51. The molecule has 0 bridgehead atoms. The summed E-state index contributed by atoms with van der Waals surface area (Å²) < 4.78 is 1.20. The summed E-state index contributed by atoms with van der Waals surface area (Å²) in [5.41, 5.74) is 2.77. The summed E-state index contributed by atoms with van der Waals surface area (Å²) in [6, 6.07) is 6.46. The number of nitrogens with zero attached hydrogens (tertiary/aromatic N) is 3. The van der Waals surface area contributed by atoms with Gasteiger partial charge in [-0.3, -0.25) is 4.90 Å². The third kappa shape index (κ3) is 3.47. The van der Waals surface area contributed by atoms with Crippen LogP contribution in [0.5, 0.6) is 0 Å². The van der Waals surface area contributed by atoms with Gasteiger partial charge in [-0.1, -0.05) is 28.1 Å². The zero-order valence-electron chi connectivity index (χ0n) is 12.3. The molecule has 0 aromatic heterocycles. The van der Waals surface area contributed by atoms with Crippen molar-refractivity contribution in [3.05, 3.63) is 46.1 Å². The second-order valence-electron chi connectivity index (χ2n) is 5.50. The Bertz CT molecular complexity index is 559. The van der Waals surface area contributed by atoms with Gasteiger partial charge in [0.05, 0.1) is 0 Å². The molecule has 4 nitrogen and oxygen atoms in total. The highest BCUT2D eigenvalue weighted by Gasteiger charge is 2.19. The fraction of sp³-hybridized carbons (Fsp3) is 0.438. The van der Waals surface area contributed by atoms with Crippen LogP contribution in [-0.4, -0.2) is 48.5 Å². The minimum Gasteiger partial charge on any atom is -0.372 e. The van der Waals surface area contributed by atoms with Gasteiger partial charge in [0.1, 0.15) is 12.5 Å². The molecule has 2 heterocycles. The standard InChI is InChI=1S/C16H21BrN4/c1-13-14(3-2-4-15(13)17)11-20-7-9-21(10-8-20)16-5-6-18-12-19-16/h2-6,18H,7-12H2,1H3. The summed E-state index contributed by atoms with van der Waals surface area (Å²) in [6.07, 6.45) is 4.05. The van der Waals surface area contributed by atoms with E-state index in [4.69, 9.17) is 0 Å². The smallest absolute Gasteiger partial charge is 0.127 e. The van der Waals surface area contributed by atoms with Gasteiger partial charge < -0.3 is 10.2 Å². The topological polar surface area (TPSA) is 30.9 Å². The molecule has 0 spiro atoms. The van der Waals surface area contributed by atoms with E-state index in [0.717, 1.165) is 38.6 Å². The van der Waals surface area contributed by atoms with Crippen LogP contribution in [0, 0.1) is 6.92 Å². The fourth-order valence-corrected chi connectivity index (χ4v) is 3.18. The number of amidine groups is 1. The molecule has 0 saturated carbocycles. The third-order valence-corrected chi connectivity index (χ3v) is 5.01. The normalized spacial score (nSPS) is 19.3. The summed E-state index contributed by atoms with van der Waals surface area (Å²) in [5, 5.41) is 3.10. The maximum Gasteiger partial charge on any atom is 0.127 e. The number of aliphatic imine (C=N–C) groups is 1. The second kappa shape index (κ2) is 6.62. The Hall–Kier alpha value is -1.33. The molecule has 0 amide bonds. The van der Waals surface area contributed by atoms with Crippen molar-refractivity contribution in [1.82, 2.24) is 15.1 Å². The quantitative estimate of drug-likeness (QED) is 0.889. The average molecular weight is 349 g/mol. The zero-order chi connectivity index (χ0) is 14.7. The Labute approximate surface area is 134 Å². The van der Waals surface area contributed by atoms with Crippen molar-refractivity contribution < 1.29 is 0 Å². The number of halogens is 1. The summed E-state index contributed by atoms with van der Waals surface area (Å²) in [7, 11) is 0. The largest absolute Gasteiger partial charge is 0.372 e. The van der Waals surface area contributed by atoms with E-state index in [0.29, 0.717) is 6.67 Å². The molecule has 112 valence electrons. The molecule has 21 heavy (non-hydrogen) atoms. The molecule has 1 saturated heterocycles. The van der Waals surface area contributed by atoms with Crippen molar-refractivity contribution >= 4 is 21.8 Å². The summed E-state index contributed by atoms with van der Waals surface area (Å²) in [6.45, 7) is 8.20. The molecule has 0 atom stereocenters. The molecule has 0 radical (unpaired) electrons. The third-order valence-electron chi connectivity index (χ3n) is 4.15. The van der Waals surface area contributed by atoms with Crippen LogP contribution >= 0.6 is 15.9 Å². The van der Waals surface area contributed by atoms with Gasteiger partial charge in [0.25, 0.3) is 0 Å². The second-order valence-corrected chi connectivity index (χ2v) is 6.35. The first kappa shape index (κ1) is 14.6. The molecule has 1 aromatic carbocycles. The van der Waals surface area contributed by atoms with E-state index in [9.17, 15) is 0 Å². The van der Waals surface area contributed by atoms with Gasteiger partial charge in [0.15, 0.2) is 0 Å². The fourth-order valence-electron chi connectivity index (χ4n) is 2.77. The lowest BCUT2D eigenvalue weighted by atomic mass is 10.1. The van der Waals surface area contributed by atoms with Crippen LogP contribution in [0.3, 0.4) is 0 Å². The number of benzene rings is 1. The molecule has 0 aliphatic carbocycles.